The first-order valence-electron chi connectivity index (χ1n) is 10.3. The molecule has 0 amide bonds. The molecule has 2 heterocycles. The first kappa shape index (κ1) is 22.7. The number of benzene rings is 1. The zero-order chi connectivity index (χ0) is 20.3. The number of aryl methyl sites for hydroxylation is 1. The summed E-state index contributed by atoms with van der Waals surface area (Å²) < 4.78 is 14.0. The molecule has 1 saturated heterocycles. The SMILES string of the molecule is CCNC(=NCC1(O)CCc2ccccc21)NC1CCN(c2ncccc2F)C1.I. The summed E-state index contributed by atoms with van der Waals surface area (Å²) in [5, 5.41) is 17.8. The number of rotatable bonds is 5. The Morgan fingerprint density at radius 3 is 2.97 bits per heavy atom. The Bertz CT molecular complexity index is 895. The van der Waals surface area contributed by atoms with Gasteiger partial charge in [-0.05, 0) is 49.4 Å². The van der Waals surface area contributed by atoms with Crippen LogP contribution in [0, 0.1) is 5.82 Å². The van der Waals surface area contributed by atoms with Crippen molar-refractivity contribution in [2.75, 3.05) is 31.1 Å². The molecule has 1 aromatic heterocycles. The fourth-order valence-corrected chi connectivity index (χ4v) is 4.24. The van der Waals surface area contributed by atoms with Gasteiger partial charge in [0.2, 0.25) is 0 Å². The normalized spacial score (nSPS) is 23.1. The van der Waals surface area contributed by atoms with Crippen molar-refractivity contribution < 1.29 is 9.50 Å². The minimum atomic E-state index is -0.919. The lowest BCUT2D eigenvalue weighted by Crippen LogP contribution is -2.45. The van der Waals surface area contributed by atoms with Gasteiger partial charge in [0.1, 0.15) is 5.60 Å². The standard InChI is InChI=1S/C22H28FN5O.HI/c1-2-24-21(26-15-22(29)11-9-16-6-3-4-7-18(16)22)27-17-10-13-28(14-17)20-19(23)8-5-12-25-20;/h3-8,12,17,29H,2,9-11,13-15H2,1H3,(H2,24,26,27);1H. The third-order valence-corrected chi connectivity index (χ3v) is 5.74. The first-order valence-corrected chi connectivity index (χ1v) is 10.3. The second kappa shape index (κ2) is 9.91. The van der Waals surface area contributed by atoms with Gasteiger partial charge in [-0.3, -0.25) is 0 Å². The summed E-state index contributed by atoms with van der Waals surface area (Å²) in [6, 6.07) is 11.2. The van der Waals surface area contributed by atoms with Crippen LogP contribution in [0.3, 0.4) is 0 Å². The number of hydrogen-bond donors (Lipinski definition) is 3. The quantitative estimate of drug-likeness (QED) is 0.318. The molecule has 4 rings (SSSR count). The van der Waals surface area contributed by atoms with Gasteiger partial charge < -0.3 is 20.6 Å². The number of aliphatic hydroxyl groups is 1. The maximum atomic E-state index is 14.0. The third-order valence-electron chi connectivity index (χ3n) is 5.74. The Kier molecular flexibility index (Phi) is 7.51. The van der Waals surface area contributed by atoms with Crippen molar-refractivity contribution in [3.63, 3.8) is 0 Å². The van der Waals surface area contributed by atoms with Crippen molar-refractivity contribution in [1.82, 2.24) is 15.6 Å². The number of hydrogen-bond acceptors (Lipinski definition) is 4. The monoisotopic (exact) mass is 525 g/mol. The second-order valence-electron chi connectivity index (χ2n) is 7.77. The lowest BCUT2D eigenvalue weighted by molar-refractivity contribution is 0.0485. The molecule has 1 fully saturated rings. The van der Waals surface area contributed by atoms with Crippen LogP contribution in [0.4, 0.5) is 10.2 Å². The topological polar surface area (TPSA) is 72.8 Å². The molecule has 1 aromatic carbocycles. The summed E-state index contributed by atoms with van der Waals surface area (Å²) in [7, 11) is 0. The highest BCUT2D eigenvalue weighted by atomic mass is 127. The van der Waals surface area contributed by atoms with Gasteiger partial charge in [0, 0.05) is 31.9 Å². The molecule has 2 aliphatic rings. The number of aliphatic imine (C=N–C) groups is 1. The van der Waals surface area contributed by atoms with Gasteiger partial charge in [0.25, 0.3) is 0 Å². The molecule has 2 atom stereocenters. The van der Waals surface area contributed by atoms with Crippen molar-refractivity contribution in [2.45, 2.75) is 37.8 Å². The third kappa shape index (κ3) is 4.85. The molecule has 0 spiro atoms. The Hall–Kier alpha value is -1.94. The molecule has 1 aliphatic heterocycles. The molecule has 0 saturated carbocycles. The van der Waals surface area contributed by atoms with E-state index in [1.54, 1.807) is 12.3 Å². The molecule has 0 radical (unpaired) electrons. The average molecular weight is 525 g/mol. The van der Waals surface area contributed by atoms with E-state index in [1.165, 1.54) is 11.6 Å². The number of halogens is 2. The fourth-order valence-electron chi connectivity index (χ4n) is 4.24. The smallest absolute Gasteiger partial charge is 0.191 e. The molecule has 2 unspecified atom stereocenters. The van der Waals surface area contributed by atoms with Crippen molar-refractivity contribution in [3.05, 3.63) is 59.5 Å². The number of guanidine groups is 1. The zero-order valence-electron chi connectivity index (χ0n) is 17.1. The Balaban J connectivity index is 0.00000256. The largest absolute Gasteiger partial charge is 0.383 e. The lowest BCUT2D eigenvalue weighted by atomic mass is 9.96. The molecular formula is C22H29FIN5O. The van der Waals surface area contributed by atoms with E-state index in [0.717, 1.165) is 31.5 Å². The van der Waals surface area contributed by atoms with E-state index in [4.69, 9.17) is 0 Å². The Labute approximate surface area is 194 Å². The van der Waals surface area contributed by atoms with Gasteiger partial charge >= 0.3 is 0 Å². The molecule has 6 nitrogen and oxygen atoms in total. The van der Waals surface area contributed by atoms with Gasteiger partial charge in [0.05, 0.1) is 6.54 Å². The molecular weight excluding hydrogens is 496 g/mol. The van der Waals surface area contributed by atoms with Crippen LogP contribution in [0.25, 0.3) is 0 Å². The van der Waals surface area contributed by atoms with E-state index >= 15 is 0 Å². The van der Waals surface area contributed by atoms with E-state index in [9.17, 15) is 9.50 Å². The van der Waals surface area contributed by atoms with E-state index in [0.29, 0.717) is 31.3 Å². The summed E-state index contributed by atoms with van der Waals surface area (Å²) in [4.78, 5) is 10.8. The minimum absolute atomic E-state index is 0. The summed E-state index contributed by atoms with van der Waals surface area (Å²) in [6.07, 6.45) is 4.04. The minimum Gasteiger partial charge on any atom is -0.383 e. The lowest BCUT2D eigenvalue weighted by Gasteiger charge is -2.24. The maximum Gasteiger partial charge on any atom is 0.191 e. The van der Waals surface area contributed by atoms with Gasteiger partial charge in [-0.1, -0.05) is 24.3 Å². The Morgan fingerprint density at radius 2 is 2.17 bits per heavy atom. The van der Waals surface area contributed by atoms with E-state index < -0.39 is 5.60 Å². The summed E-state index contributed by atoms with van der Waals surface area (Å²) >= 11 is 0. The summed E-state index contributed by atoms with van der Waals surface area (Å²) in [5.74, 6) is 0.783. The number of nitrogens with zero attached hydrogens (tertiary/aromatic N) is 3. The van der Waals surface area contributed by atoms with Gasteiger partial charge in [-0.15, -0.1) is 24.0 Å². The number of anilines is 1. The molecule has 3 N–H and O–H groups in total. The highest BCUT2D eigenvalue weighted by Crippen LogP contribution is 2.36. The molecule has 8 heteroatoms. The van der Waals surface area contributed by atoms with Crippen LogP contribution in [0.15, 0.2) is 47.6 Å². The van der Waals surface area contributed by atoms with E-state index in [-0.39, 0.29) is 35.8 Å². The molecule has 2 aromatic rings. The number of fused-ring (bicyclic) bond motifs is 1. The molecule has 1 aliphatic carbocycles. The van der Waals surface area contributed by atoms with Crippen LogP contribution in [-0.2, 0) is 12.0 Å². The van der Waals surface area contributed by atoms with E-state index in [1.807, 2.05) is 30.0 Å². The number of aromatic nitrogens is 1. The maximum absolute atomic E-state index is 14.0. The summed E-state index contributed by atoms with van der Waals surface area (Å²) in [5.41, 5.74) is 1.27. The van der Waals surface area contributed by atoms with Gasteiger partial charge in [-0.2, -0.15) is 0 Å². The van der Waals surface area contributed by atoms with Gasteiger partial charge in [-0.25, -0.2) is 14.4 Å². The number of nitrogens with one attached hydrogen (secondary N) is 2. The first-order chi connectivity index (χ1) is 14.1. The zero-order valence-corrected chi connectivity index (χ0v) is 19.5. The van der Waals surface area contributed by atoms with Gasteiger partial charge in [0.15, 0.2) is 17.6 Å². The van der Waals surface area contributed by atoms with Crippen LogP contribution in [-0.4, -0.2) is 48.3 Å². The predicted octanol–water partition coefficient (Wildman–Crippen LogP) is 2.81. The predicted molar refractivity (Wildman–Crippen MR) is 128 cm³/mol. The van der Waals surface area contributed by atoms with Crippen LogP contribution < -0.4 is 15.5 Å². The van der Waals surface area contributed by atoms with Crippen LogP contribution in [0.1, 0.15) is 30.9 Å². The number of pyridine rings is 1. The van der Waals surface area contributed by atoms with Crippen LogP contribution in [0.5, 0.6) is 0 Å². The average Bonchev–Trinajstić information content (AvgIpc) is 3.32. The highest BCUT2D eigenvalue weighted by molar-refractivity contribution is 14.0. The second-order valence-corrected chi connectivity index (χ2v) is 7.77. The molecule has 0 bridgehead atoms. The van der Waals surface area contributed by atoms with Crippen molar-refractivity contribution >= 4 is 35.8 Å². The van der Waals surface area contributed by atoms with Crippen LogP contribution >= 0.6 is 24.0 Å². The van der Waals surface area contributed by atoms with Crippen molar-refractivity contribution in [1.29, 1.82) is 0 Å². The van der Waals surface area contributed by atoms with Crippen molar-refractivity contribution in [2.24, 2.45) is 4.99 Å². The highest BCUT2D eigenvalue weighted by Gasteiger charge is 2.36. The summed E-state index contributed by atoms with van der Waals surface area (Å²) in [6.45, 7) is 4.45. The fraction of sp³-hybridized carbons (Fsp3) is 0.455. The molecule has 30 heavy (non-hydrogen) atoms. The Morgan fingerprint density at radius 1 is 1.33 bits per heavy atom. The van der Waals surface area contributed by atoms with E-state index in [2.05, 4.69) is 26.7 Å². The molecule has 162 valence electrons. The van der Waals surface area contributed by atoms with Crippen molar-refractivity contribution in [3.8, 4) is 0 Å². The van der Waals surface area contributed by atoms with Crippen LogP contribution in [0.2, 0.25) is 0 Å².